The van der Waals surface area contributed by atoms with Crippen LogP contribution in [0.3, 0.4) is 0 Å². The highest BCUT2D eigenvalue weighted by atomic mass is 16.5. The van der Waals surface area contributed by atoms with Gasteiger partial charge in [0.05, 0.1) is 19.1 Å². The number of carbonyl (C=O) groups excluding carboxylic acids is 1. The molecule has 0 spiro atoms. The molecule has 0 aliphatic carbocycles. The van der Waals surface area contributed by atoms with E-state index in [0.717, 1.165) is 39.3 Å². The largest absolute Gasteiger partial charge is 0.375 e. The zero-order chi connectivity index (χ0) is 16.1. The number of benzene rings is 1. The van der Waals surface area contributed by atoms with Gasteiger partial charge in [0.1, 0.15) is 0 Å². The summed E-state index contributed by atoms with van der Waals surface area (Å²) in [6.07, 6.45) is 0.511. The van der Waals surface area contributed by atoms with Gasteiger partial charge in [0.2, 0.25) is 5.91 Å². The SMILES string of the molecule is C[C@@H]1CNCCN1C(=O)C[C@H]1CN(Cc2ccccc2)CCO1. The smallest absolute Gasteiger partial charge is 0.225 e. The number of nitrogens with zero attached hydrogens (tertiary/aromatic N) is 2. The zero-order valence-corrected chi connectivity index (χ0v) is 13.9. The van der Waals surface area contributed by atoms with Crippen molar-refractivity contribution in [3.63, 3.8) is 0 Å². The van der Waals surface area contributed by atoms with Crippen LogP contribution >= 0.6 is 0 Å². The Balaban J connectivity index is 1.51. The van der Waals surface area contributed by atoms with E-state index in [1.807, 2.05) is 11.0 Å². The minimum absolute atomic E-state index is 0.0158. The van der Waals surface area contributed by atoms with E-state index in [0.29, 0.717) is 13.0 Å². The molecule has 5 heteroatoms. The minimum Gasteiger partial charge on any atom is -0.375 e. The molecular weight excluding hydrogens is 290 g/mol. The third-order valence-electron chi connectivity index (χ3n) is 4.70. The van der Waals surface area contributed by atoms with Gasteiger partial charge in [0, 0.05) is 45.3 Å². The molecule has 1 N–H and O–H groups in total. The first-order valence-corrected chi connectivity index (χ1v) is 8.60. The van der Waals surface area contributed by atoms with Crippen LogP contribution in [-0.2, 0) is 16.1 Å². The second-order valence-corrected chi connectivity index (χ2v) is 6.56. The average Bonchev–Trinajstić information content (AvgIpc) is 2.56. The van der Waals surface area contributed by atoms with E-state index in [2.05, 4.69) is 41.4 Å². The van der Waals surface area contributed by atoms with Gasteiger partial charge in [-0.3, -0.25) is 9.69 Å². The molecule has 2 saturated heterocycles. The first kappa shape index (κ1) is 16.4. The van der Waals surface area contributed by atoms with E-state index in [-0.39, 0.29) is 18.1 Å². The third-order valence-corrected chi connectivity index (χ3v) is 4.70. The van der Waals surface area contributed by atoms with Crippen molar-refractivity contribution in [2.45, 2.75) is 32.0 Å². The summed E-state index contributed by atoms with van der Waals surface area (Å²) in [6.45, 7) is 8.10. The lowest BCUT2D eigenvalue weighted by Crippen LogP contribution is -2.53. The molecule has 1 amide bonds. The molecule has 2 heterocycles. The summed E-state index contributed by atoms with van der Waals surface area (Å²) in [5.41, 5.74) is 1.32. The Morgan fingerprint density at radius 2 is 2.13 bits per heavy atom. The summed E-state index contributed by atoms with van der Waals surface area (Å²) in [4.78, 5) is 16.9. The predicted molar refractivity (Wildman–Crippen MR) is 90.1 cm³/mol. The first-order valence-electron chi connectivity index (χ1n) is 8.60. The molecular formula is C18H27N3O2. The van der Waals surface area contributed by atoms with Crippen molar-refractivity contribution >= 4 is 5.91 Å². The quantitative estimate of drug-likeness (QED) is 0.903. The number of nitrogens with one attached hydrogen (secondary N) is 1. The van der Waals surface area contributed by atoms with Gasteiger partial charge in [-0.05, 0) is 12.5 Å². The summed E-state index contributed by atoms with van der Waals surface area (Å²) >= 11 is 0. The molecule has 2 atom stereocenters. The van der Waals surface area contributed by atoms with Crippen molar-refractivity contribution in [1.82, 2.24) is 15.1 Å². The van der Waals surface area contributed by atoms with Gasteiger partial charge in [0.25, 0.3) is 0 Å². The molecule has 0 radical (unpaired) electrons. The summed E-state index contributed by atoms with van der Waals surface area (Å²) < 4.78 is 5.84. The minimum atomic E-state index is 0.0158. The standard InChI is InChI=1S/C18H27N3O2/c1-15-12-19-7-8-21(15)18(22)11-17-14-20(9-10-23-17)13-16-5-3-2-4-6-16/h2-6,15,17,19H,7-14H2,1H3/t15-,17+/m1/s1. The fourth-order valence-corrected chi connectivity index (χ4v) is 3.41. The summed E-state index contributed by atoms with van der Waals surface area (Å²) in [5.74, 6) is 0.227. The monoisotopic (exact) mass is 317 g/mol. The number of hydrogen-bond acceptors (Lipinski definition) is 4. The Bertz CT molecular complexity index is 508. The van der Waals surface area contributed by atoms with Gasteiger partial charge in [-0.25, -0.2) is 0 Å². The van der Waals surface area contributed by atoms with Crippen LogP contribution in [0, 0.1) is 0 Å². The van der Waals surface area contributed by atoms with Gasteiger partial charge < -0.3 is 15.0 Å². The fraction of sp³-hybridized carbons (Fsp3) is 0.611. The second kappa shape index (κ2) is 7.90. The lowest BCUT2D eigenvalue weighted by molar-refractivity contribution is -0.139. The van der Waals surface area contributed by atoms with Crippen LogP contribution in [0.1, 0.15) is 18.9 Å². The third kappa shape index (κ3) is 4.53. The molecule has 3 rings (SSSR count). The van der Waals surface area contributed by atoms with Gasteiger partial charge >= 0.3 is 0 Å². The molecule has 0 bridgehead atoms. The maximum Gasteiger partial charge on any atom is 0.225 e. The first-order chi connectivity index (χ1) is 11.2. The van der Waals surface area contributed by atoms with Crippen LogP contribution in [0.25, 0.3) is 0 Å². The van der Waals surface area contributed by atoms with E-state index in [9.17, 15) is 4.79 Å². The molecule has 23 heavy (non-hydrogen) atoms. The molecule has 5 nitrogen and oxygen atoms in total. The number of rotatable bonds is 4. The average molecular weight is 317 g/mol. The Kier molecular flexibility index (Phi) is 5.65. The normalized spacial score (nSPS) is 26.2. The van der Waals surface area contributed by atoms with Crippen LogP contribution in [0.4, 0.5) is 0 Å². The van der Waals surface area contributed by atoms with Gasteiger partial charge in [-0.15, -0.1) is 0 Å². The molecule has 0 saturated carbocycles. The van der Waals surface area contributed by atoms with E-state index in [4.69, 9.17) is 4.74 Å². The number of piperazine rings is 1. The molecule has 1 aromatic rings. The second-order valence-electron chi connectivity index (χ2n) is 6.56. The molecule has 2 aliphatic rings. The highest BCUT2D eigenvalue weighted by Crippen LogP contribution is 2.15. The topological polar surface area (TPSA) is 44.8 Å². The molecule has 0 aromatic heterocycles. The number of amides is 1. The van der Waals surface area contributed by atoms with Gasteiger partial charge in [0.15, 0.2) is 0 Å². The van der Waals surface area contributed by atoms with Gasteiger partial charge in [-0.1, -0.05) is 30.3 Å². The lowest BCUT2D eigenvalue weighted by atomic mass is 10.1. The summed E-state index contributed by atoms with van der Waals surface area (Å²) in [7, 11) is 0. The van der Waals surface area contributed by atoms with Crippen LogP contribution in [-0.4, -0.2) is 67.2 Å². The van der Waals surface area contributed by atoms with Crippen LogP contribution < -0.4 is 5.32 Å². The van der Waals surface area contributed by atoms with Crippen molar-refractivity contribution in [3.05, 3.63) is 35.9 Å². The lowest BCUT2D eigenvalue weighted by Gasteiger charge is -2.37. The number of ether oxygens (including phenoxy) is 1. The van der Waals surface area contributed by atoms with Crippen LogP contribution in [0.2, 0.25) is 0 Å². The van der Waals surface area contributed by atoms with Crippen molar-refractivity contribution in [1.29, 1.82) is 0 Å². The Hall–Kier alpha value is -1.43. The Morgan fingerprint density at radius 3 is 2.91 bits per heavy atom. The Labute approximate surface area is 138 Å². The predicted octanol–water partition coefficient (Wildman–Crippen LogP) is 1.10. The van der Waals surface area contributed by atoms with E-state index >= 15 is 0 Å². The highest BCUT2D eigenvalue weighted by Gasteiger charge is 2.28. The molecule has 2 aliphatic heterocycles. The number of carbonyl (C=O) groups is 1. The van der Waals surface area contributed by atoms with E-state index < -0.39 is 0 Å². The van der Waals surface area contributed by atoms with Crippen molar-refractivity contribution < 1.29 is 9.53 Å². The van der Waals surface area contributed by atoms with E-state index in [1.165, 1.54) is 5.56 Å². The highest BCUT2D eigenvalue weighted by molar-refractivity contribution is 5.77. The summed E-state index contributed by atoms with van der Waals surface area (Å²) in [5, 5.41) is 3.32. The fourth-order valence-electron chi connectivity index (χ4n) is 3.41. The van der Waals surface area contributed by atoms with E-state index in [1.54, 1.807) is 0 Å². The Morgan fingerprint density at radius 1 is 1.30 bits per heavy atom. The molecule has 126 valence electrons. The molecule has 0 unspecified atom stereocenters. The number of morpholine rings is 1. The summed E-state index contributed by atoms with van der Waals surface area (Å²) in [6, 6.07) is 10.8. The maximum atomic E-state index is 12.5. The maximum absolute atomic E-state index is 12.5. The number of hydrogen-bond donors (Lipinski definition) is 1. The zero-order valence-electron chi connectivity index (χ0n) is 13.9. The molecule has 1 aromatic carbocycles. The van der Waals surface area contributed by atoms with Crippen molar-refractivity contribution in [2.24, 2.45) is 0 Å². The van der Waals surface area contributed by atoms with Crippen molar-refractivity contribution in [3.8, 4) is 0 Å². The van der Waals surface area contributed by atoms with Crippen LogP contribution in [0.5, 0.6) is 0 Å². The molecule has 2 fully saturated rings. The van der Waals surface area contributed by atoms with Gasteiger partial charge in [-0.2, -0.15) is 0 Å². The van der Waals surface area contributed by atoms with Crippen LogP contribution in [0.15, 0.2) is 30.3 Å². The van der Waals surface area contributed by atoms with Crippen molar-refractivity contribution in [2.75, 3.05) is 39.3 Å².